The molecule has 1 N–H and O–H groups in total. The fourth-order valence-corrected chi connectivity index (χ4v) is 2.40. The van der Waals surface area contributed by atoms with E-state index in [4.69, 9.17) is 9.47 Å². The summed E-state index contributed by atoms with van der Waals surface area (Å²) in [5.74, 6) is 2.10. The zero-order valence-corrected chi connectivity index (χ0v) is 14.0. The van der Waals surface area contributed by atoms with E-state index in [1.54, 1.807) is 7.11 Å². The predicted molar refractivity (Wildman–Crippen MR) is 87.1 cm³/mol. The van der Waals surface area contributed by atoms with E-state index in [1.807, 2.05) is 31.3 Å². The van der Waals surface area contributed by atoms with Gasteiger partial charge in [-0.3, -0.25) is 0 Å². The van der Waals surface area contributed by atoms with Crippen LogP contribution in [0.4, 0.5) is 0 Å². The molecule has 1 aromatic heterocycles. The van der Waals surface area contributed by atoms with Gasteiger partial charge in [-0.1, -0.05) is 6.92 Å². The van der Waals surface area contributed by atoms with Crippen molar-refractivity contribution < 1.29 is 9.47 Å². The van der Waals surface area contributed by atoms with Crippen LogP contribution in [0.5, 0.6) is 17.4 Å². The summed E-state index contributed by atoms with van der Waals surface area (Å²) in [7, 11) is 3.56. The number of hydrogen-bond acceptors (Lipinski definition) is 4. The first-order valence-electron chi connectivity index (χ1n) is 6.82. The highest BCUT2D eigenvalue weighted by Gasteiger charge is 2.08. The Morgan fingerprint density at radius 2 is 2.05 bits per heavy atom. The SMILES string of the molecule is CCc1cc(CNC)cc(Oc2ccc(OC)cc2Br)n1. The molecule has 0 radical (unpaired) electrons. The Kier molecular flexibility index (Phi) is 5.59. The molecule has 0 spiro atoms. The van der Waals surface area contributed by atoms with Crippen LogP contribution in [0.15, 0.2) is 34.8 Å². The normalized spacial score (nSPS) is 10.5. The van der Waals surface area contributed by atoms with E-state index in [-0.39, 0.29) is 0 Å². The highest BCUT2D eigenvalue weighted by Crippen LogP contribution is 2.32. The highest BCUT2D eigenvalue weighted by atomic mass is 79.9. The molecule has 0 bridgehead atoms. The maximum Gasteiger partial charge on any atom is 0.219 e. The van der Waals surface area contributed by atoms with Gasteiger partial charge in [-0.2, -0.15) is 0 Å². The van der Waals surface area contributed by atoms with Crippen molar-refractivity contribution in [1.82, 2.24) is 10.3 Å². The molecule has 5 heteroatoms. The molecule has 1 heterocycles. The number of rotatable bonds is 6. The van der Waals surface area contributed by atoms with Crippen molar-refractivity contribution in [3.63, 3.8) is 0 Å². The molecular weight excluding hydrogens is 332 g/mol. The highest BCUT2D eigenvalue weighted by molar-refractivity contribution is 9.10. The Hall–Kier alpha value is -1.59. The quantitative estimate of drug-likeness (QED) is 0.857. The summed E-state index contributed by atoms with van der Waals surface area (Å²) in [4.78, 5) is 4.51. The Morgan fingerprint density at radius 1 is 1.24 bits per heavy atom. The molecule has 0 unspecified atom stereocenters. The lowest BCUT2D eigenvalue weighted by Crippen LogP contribution is -2.06. The summed E-state index contributed by atoms with van der Waals surface area (Å²) in [6.45, 7) is 2.87. The number of hydrogen-bond donors (Lipinski definition) is 1. The van der Waals surface area contributed by atoms with Crippen LogP contribution in [0, 0.1) is 0 Å². The second-order valence-corrected chi connectivity index (χ2v) is 5.44. The van der Waals surface area contributed by atoms with E-state index < -0.39 is 0 Å². The van der Waals surface area contributed by atoms with Gasteiger partial charge in [0.25, 0.3) is 0 Å². The first kappa shape index (κ1) is 15.8. The predicted octanol–water partition coefficient (Wildman–Crippen LogP) is 3.93. The van der Waals surface area contributed by atoms with Crippen molar-refractivity contribution in [2.75, 3.05) is 14.2 Å². The number of nitrogens with zero attached hydrogens (tertiary/aromatic N) is 1. The molecular formula is C16H19BrN2O2. The van der Waals surface area contributed by atoms with Crippen molar-refractivity contribution in [2.24, 2.45) is 0 Å². The van der Waals surface area contributed by atoms with Crippen LogP contribution in [0.1, 0.15) is 18.2 Å². The average molecular weight is 351 g/mol. The molecule has 1 aromatic carbocycles. The van der Waals surface area contributed by atoms with Crippen LogP contribution in [0.2, 0.25) is 0 Å². The second-order valence-electron chi connectivity index (χ2n) is 4.59. The number of benzene rings is 1. The molecule has 21 heavy (non-hydrogen) atoms. The van der Waals surface area contributed by atoms with E-state index >= 15 is 0 Å². The third-order valence-electron chi connectivity index (χ3n) is 3.01. The molecule has 0 saturated heterocycles. The molecule has 0 aliphatic carbocycles. The monoisotopic (exact) mass is 350 g/mol. The topological polar surface area (TPSA) is 43.4 Å². The number of nitrogens with one attached hydrogen (secondary N) is 1. The number of aryl methyl sites for hydroxylation is 1. The van der Waals surface area contributed by atoms with Gasteiger partial charge in [0.05, 0.1) is 11.6 Å². The Morgan fingerprint density at radius 3 is 2.67 bits per heavy atom. The van der Waals surface area contributed by atoms with Gasteiger partial charge < -0.3 is 14.8 Å². The zero-order valence-electron chi connectivity index (χ0n) is 12.4. The zero-order chi connectivity index (χ0) is 15.2. The second kappa shape index (κ2) is 7.43. The average Bonchev–Trinajstić information content (AvgIpc) is 2.49. The van der Waals surface area contributed by atoms with Gasteiger partial charge in [0.15, 0.2) is 0 Å². The van der Waals surface area contributed by atoms with E-state index in [0.717, 1.165) is 34.4 Å². The van der Waals surface area contributed by atoms with Crippen molar-refractivity contribution in [3.8, 4) is 17.4 Å². The van der Waals surface area contributed by atoms with Crippen LogP contribution in [0.3, 0.4) is 0 Å². The number of halogens is 1. The first-order chi connectivity index (χ1) is 10.2. The molecule has 2 rings (SSSR count). The lowest BCUT2D eigenvalue weighted by molar-refractivity contribution is 0.411. The van der Waals surface area contributed by atoms with Crippen LogP contribution in [-0.4, -0.2) is 19.1 Å². The fraction of sp³-hybridized carbons (Fsp3) is 0.312. The lowest BCUT2D eigenvalue weighted by Gasteiger charge is -2.11. The standard InChI is InChI=1S/C16H19BrN2O2/c1-4-12-7-11(10-18-2)8-16(19-12)21-15-6-5-13(20-3)9-14(15)17/h5-9,18H,4,10H2,1-3H3. The van der Waals surface area contributed by atoms with Crippen molar-refractivity contribution in [1.29, 1.82) is 0 Å². The summed E-state index contributed by atoms with van der Waals surface area (Å²) in [5, 5.41) is 3.14. The van der Waals surface area contributed by atoms with Gasteiger partial charge in [0, 0.05) is 18.3 Å². The number of ether oxygens (including phenoxy) is 2. The molecule has 0 aliphatic heterocycles. The van der Waals surface area contributed by atoms with Crippen LogP contribution in [0.25, 0.3) is 0 Å². The van der Waals surface area contributed by atoms with E-state index in [1.165, 1.54) is 0 Å². The molecule has 0 atom stereocenters. The maximum absolute atomic E-state index is 5.90. The third kappa shape index (κ3) is 4.19. The minimum Gasteiger partial charge on any atom is -0.497 e. The molecule has 0 aliphatic rings. The molecule has 0 amide bonds. The van der Waals surface area contributed by atoms with Crippen molar-refractivity contribution in [3.05, 3.63) is 46.1 Å². The lowest BCUT2D eigenvalue weighted by atomic mass is 10.2. The first-order valence-corrected chi connectivity index (χ1v) is 7.61. The summed E-state index contributed by atoms with van der Waals surface area (Å²) < 4.78 is 11.9. The van der Waals surface area contributed by atoms with Gasteiger partial charge >= 0.3 is 0 Å². The minimum absolute atomic E-state index is 0.602. The van der Waals surface area contributed by atoms with Crippen LogP contribution < -0.4 is 14.8 Å². The summed E-state index contributed by atoms with van der Waals surface area (Å²) >= 11 is 3.49. The Balaban J connectivity index is 2.27. The third-order valence-corrected chi connectivity index (χ3v) is 3.63. The van der Waals surface area contributed by atoms with Gasteiger partial charge in [0.1, 0.15) is 11.5 Å². The van der Waals surface area contributed by atoms with Crippen LogP contribution in [-0.2, 0) is 13.0 Å². The number of pyridine rings is 1. The molecule has 0 fully saturated rings. The summed E-state index contributed by atoms with van der Waals surface area (Å²) in [6.07, 6.45) is 0.873. The number of methoxy groups -OCH3 is 1. The van der Waals surface area contributed by atoms with E-state index in [9.17, 15) is 0 Å². The Labute approximate surface area is 133 Å². The smallest absolute Gasteiger partial charge is 0.219 e. The largest absolute Gasteiger partial charge is 0.497 e. The van der Waals surface area contributed by atoms with Gasteiger partial charge in [0.2, 0.25) is 5.88 Å². The van der Waals surface area contributed by atoms with E-state index in [2.05, 4.69) is 39.2 Å². The fourth-order valence-electron chi connectivity index (χ4n) is 1.96. The summed E-state index contributed by atoms with van der Waals surface area (Å²) in [6, 6.07) is 9.63. The Bertz CT molecular complexity index is 617. The van der Waals surface area contributed by atoms with Gasteiger partial charge in [-0.05, 0) is 59.2 Å². The molecule has 112 valence electrons. The summed E-state index contributed by atoms with van der Waals surface area (Å²) in [5.41, 5.74) is 2.17. The maximum atomic E-state index is 5.90. The molecule has 0 saturated carbocycles. The minimum atomic E-state index is 0.602. The van der Waals surface area contributed by atoms with Crippen LogP contribution >= 0.6 is 15.9 Å². The van der Waals surface area contributed by atoms with E-state index in [0.29, 0.717) is 11.6 Å². The van der Waals surface area contributed by atoms with Crippen molar-refractivity contribution in [2.45, 2.75) is 19.9 Å². The molecule has 4 nitrogen and oxygen atoms in total. The van der Waals surface area contributed by atoms with Gasteiger partial charge in [-0.25, -0.2) is 4.98 Å². The number of aromatic nitrogens is 1. The van der Waals surface area contributed by atoms with Crippen molar-refractivity contribution >= 4 is 15.9 Å². The van der Waals surface area contributed by atoms with Gasteiger partial charge in [-0.15, -0.1) is 0 Å². The molecule has 2 aromatic rings.